The minimum Gasteiger partial charge on any atom is -0.490 e. The van der Waals surface area contributed by atoms with Gasteiger partial charge in [-0.25, -0.2) is 4.98 Å². The highest BCUT2D eigenvalue weighted by molar-refractivity contribution is 6.37. The van der Waals surface area contributed by atoms with Gasteiger partial charge in [0.1, 0.15) is 11.3 Å². The van der Waals surface area contributed by atoms with Crippen LogP contribution in [0.3, 0.4) is 0 Å². The fraction of sp³-hybridized carbons (Fsp3) is 0.0952. The molecule has 2 amide bonds. The zero-order chi connectivity index (χ0) is 28.4. The van der Waals surface area contributed by atoms with Crippen LogP contribution in [0.1, 0.15) is 25.0 Å². The van der Waals surface area contributed by atoms with E-state index in [-0.39, 0.29) is 21.4 Å². The van der Waals surface area contributed by atoms with Crippen molar-refractivity contribution < 1.29 is 45.5 Å². The fourth-order valence-corrected chi connectivity index (χ4v) is 3.32. The first-order valence-electron chi connectivity index (χ1n) is 10.6. The normalized spacial score (nSPS) is 12.7. The second kappa shape index (κ2) is 10.2. The van der Waals surface area contributed by atoms with Gasteiger partial charge in [0.05, 0.1) is 21.9 Å². The number of hydrogen-bond donors (Lipinski definition) is 2. The van der Waals surface area contributed by atoms with Crippen molar-refractivity contribution in [2.24, 2.45) is 5.73 Å². The third-order valence-electron chi connectivity index (χ3n) is 4.11. The van der Waals surface area contributed by atoms with Crippen molar-refractivity contribution in [2.45, 2.75) is 6.36 Å². The second-order valence-electron chi connectivity index (χ2n) is 6.44. The zero-order valence-corrected chi connectivity index (χ0v) is 18.4. The summed E-state index contributed by atoms with van der Waals surface area (Å²) in [6.07, 6.45) is -4.07. The lowest BCUT2D eigenvalue weighted by Crippen LogP contribution is -2.20. The number of amides is 2. The Morgan fingerprint density at radius 1 is 1.14 bits per heavy atom. The molecule has 0 fully saturated rings. The average molecular weight is 537 g/mol. The van der Waals surface area contributed by atoms with Crippen molar-refractivity contribution in [3.8, 4) is 23.0 Å². The Kier molecular flexibility index (Phi) is 6.36. The molecule has 3 aromatic rings. The van der Waals surface area contributed by atoms with Crippen molar-refractivity contribution in [3.05, 3.63) is 69.7 Å². The number of alkyl halides is 3. The quantitative estimate of drug-likeness (QED) is 0.381. The van der Waals surface area contributed by atoms with Crippen molar-refractivity contribution in [1.82, 2.24) is 4.98 Å². The van der Waals surface area contributed by atoms with E-state index in [4.69, 9.17) is 37.8 Å². The number of ether oxygens (including phenoxy) is 3. The van der Waals surface area contributed by atoms with Gasteiger partial charge in [0.25, 0.3) is 11.8 Å². The number of halogens is 6. The molecular formula is C21H13Cl2F4N3O5. The molecule has 3 N–H and O–H groups in total. The van der Waals surface area contributed by atoms with Crippen LogP contribution in [-0.4, -0.2) is 30.2 Å². The lowest BCUT2D eigenvalue weighted by molar-refractivity contribution is -0.275. The highest BCUT2D eigenvalue weighted by Crippen LogP contribution is 2.42. The van der Waals surface area contributed by atoms with Crippen molar-refractivity contribution in [3.63, 3.8) is 0 Å². The first-order chi connectivity index (χ1) is 17.6. The number of methoxy groups -OCH3 is 1. The summed E-state index contributed by atoms with van der Waals surface area (Å²) < 4.78 is 88.0. The van der Waals surface area contributed by atoms with Gasteiger partial charge in [0.2, 0.25) is 11.6 Å². The van der Waals surface area contributed by atoms with Gasteiger partial charge in [-0.15, -0.1) is 13.2 Å². The number of nitrogens with two attached hydrogens (primary N) is 1. The Bertz CT molecular complexity index is 1410. The zero-order valence-electron chi connectivity index (χ0n) is 19.9. The predicted molar refractivity (Wildman–Crippen MR) is 117 cm³/mol. The van der Waals surface area contributed by atoms with Crippen molar-refractivity contribution in [1.29, 1.82) is 0 Å². The van der Waals surface area contributed by atoms with E-state index < -0.39 is 59.6 Å². The SMILES string of the molecule is [2H]C([2H])([2H])Oc1c(Oc2cc(Cl)cc(Cl)c2C(=O)Nc2cccnc2C(N)=O)ccc(OC(F)(F)F)c1F. The number of nitrogens with one attached hydrogen (secondary N) is 1. The van der Waals surface area contributed by atoms with Gasteiger partial charge < -0.3 is 25.3 Å². The molecular weight excluding hydrogens is 521 g/mol. The van der Waals surface area contributed by atoms with Crippen LogP contribution in [0.15, 0.2) is 42.6 Å². The van der Waals surface area contributed by atoms with Crippen LogP contribution in [0.5, 0.6) is 23.0 Å². The van der Waals surface area contributed by atoms with E-state index in [1.807, 2.05) is 0 Å². The molecule has 184 valence electrons. The van der Waals surface area contributed by atoms with E-state index in [9.17, 15) is 27.2 Å². The molecule has 0 aliphatic heterocycles. The number of aromatic nitrogens is 1. The highest BCUT2D eigenvalue weighted by Gasteiger charge is 2.34. The van der Waals surface area contributed by atoms with Gasteiger partial charge in [-0.1, -0.05) is 23.2 Å². The number of carbonyl (C=O) groups excluding carboxylic acids is 2. The Labute approximate surface area is 208 Å². The fourth-order valence-electron chi connectivity index (χ4n) is 2.76. The standard InChI is InChI=1S/C21H13Cl2F4N3O5/c1-33-18-13(5-4-12(16(18)24)35-21(25,26)27)34-14-8-9(22)7-10(23)15(14)20(32)30-11-3-2-6-29-17(11)19(28)31/h2-8H,1H3,(H2,28,31)(H,30,32)/i1D3. The van der Waals surface area contributed by atoms with Gasteiger partial charge in [-0.3, -0.25) is 9.59 Å². The second-order valence-corrected chi connectivity index (χ2v) is 7.28. The molecule has 0 spiro atoms. The van der Waals surface area contributed by atoms with Gasteiger partial charge in [0.15, 0.2) is 17.2 Å². The number of primary amides is 1. The van der Waals surface area contributed by atoms with E-state index in [2.05, 4.69) is 19.8 Å². The maximum Gasteiger partial charge on any atom is 0.573 e. The summed E-state index contributed by atoms with van der Waals surface area (Å²) in [6, 6.07) is 6.03. The third kappa shape index (κ3) is 6.03. The molecule has 2 aromatic carbocycles. The van der Waals surface area contributed by atoms with E-state index in [1.165, 1.54) is 18.3 Å². The summed E-state index contributed by atoms with van der Waals surface area (Å²) in [4.78, 5) is 28.5. The molecule has 1 heterocycles. The molecule has 35 heavy (non-hydrogen) atoms. The average Bonchev–Trinajstić information content (AvgIpc) is 2.76. The number of anilines is 1. The predicted octanol–water partition coefficient (Wildman–Crippen LogP) is 5.58. The van der Waals surface area contributed by atoms with E-state index >= 15 is 0 Å². The van der Waals surface area contributed by atoms with Crippen LogP contribution < -0.4 is 25.3 Å². The van der Waals surface area contributed by atoms with Crippen LogP contribution in [0.25, 0.3) is 0 Å². The molecule has 3 rings (SSSR count). The molecule has 0 aliphatic rings. The number of nitrogens with zero attached hydrogens (tertiary/aromatic N) is 1. The van der Waals surface area contributed by atoms with E-state index in [0.717, 1.165) is 12.1 Å². The van der Waals surface area contributed by atoms with Crippen molar-refractivity contribution >= 4 is 40.7 Å². The topological polar surface area (TPSA) is 113 Å². The number of carbonyl (C=O) groups is 2. The number of benzene rings is 2. The lowest BCUT2D eigenvalue weighted by atomic mass is 10.1. The smallest absolute Gasteiger partial charge is 0.490 e. The maximum absolute atomic E-state index is 14.9. The molecule has 0 unspecified atom stereocenters. The highest BCUT2D eigenvalue weighted by atomic mass is 35.5. The first-order valence-corrected chi connectivity index (χ1v) is 9.81. The first kappa shape index (κ1) is 21.7. The molecule has 0 saturated heterocycles. The van der Waals surface area contributed by atoms with Gasteiger partial charge >= 0.3 is 6.36 Å². The maximum atomic E-state index is 14.9. The van der Waals surface area contributed by atoms with Crippen LogP contribution in [0.4, 0.5) is 23.2 Å². The molecule has 14 heteroatoms. The number of hydrogen-bond acceptors (Lipinski definition) is 6. The number of pyridine rings is 1. The van der Waals surface area contributed by atoms with E-state index in [1.54, 1.807) is 0 Å². The molecule has 0 bridgehead atoms. The Balaban J connectivity index is 2.09. The van der Waals surface area contributed by atoms with Gasteiger partial charge in [0, 0.05) is 17.3 Å². The van der Waals surface area contributed by atoms with Crippen LogP contribution in [0, 0.1) is 5.82 Å². The Morgan fingerprint density at radius 3 is 2.51 bits per heavy atom. The largest absolute Gasteiger partial charge is 0.573 e. The summed E-state index contributed by atoms with van der Waals surface area (Å²) >= 11 is 12.2. The summed E-state index contributed by atoms with van der Waals surface area (Å²) in [6.45, 7) is 0. The molecule has 0 aliphatic carbocycles. The lowest BCUT2D eigenvalue weighted by Gasteiger charge is -2.17. The Hall–Kier alpha value is -3.77. The summed E-state index contributed by atoms with van der Waals surface area (Å²) in [5.41, 5.74) is 4.37. The van der Waals surface area contributed by atoms with Gasteiger partial charge in [-0.05, 0) is 30.3 Å². The summed E-state index contributed by atoms with van der Waals surface area (Å²) in [7, 11) is -3.34. The van der Waals surface area contributed by atoms with Crippen LogP contribution in [-0.2, 0) is 0 Å². The minimum atomic E-state index is -5.32. The molecule has 0 saturated carbocycles. The third-order valence-corrected chi connectivity index (χ3v) is 4.62. The van der Waals surface area contributed by atoms with Crippen molar-refractivity contribution in [2.75, 3.05) is 12.4 Å². The monoisotopic (exact) mass is 536 g/mol. The molecule has 0 radical (unpaired) electrons. The molecule has 0 atom stereocenters. The molecule has 1 aromatic heterocycles. The molecule has 8 nitrogen and oxygen atoms in total. The summed E-state index contributed by atoms with van der Waals surface area (Å²) in [5, 5.41) is 1.93. The Morgan fingerprint density at radius 2 is 1.86 bits per heavy atom. The minimum absolute atomic E-state index is 0.100. The summed E-state index contributed by atoms with van der Waals surface area (Å²) in [5.74, 6) is -7.82. The van der Waals surface area contributed by atoms with Gasteiger partial charge in [-0.2, -0.15) is 4.39 Å². The number of rotatable bonds is 7. The van der Waals surface area contributed by atoms with Crippen LogP contribution >= 0.6 is 23.2 Å². The van der Waals surface area contributed by atoms with E-state index in [0.29, 0.717) is 12.1 Å². The van der Waals surface area contributed by atoms with Crippen LogP contribution in [0.2, 0.25) is 10.0 Å².